The van der Waals surface area contributed by atoms with Gasteiger partial charge in [-0.15, -0.1) is 0 Å². The van der Waals surface area contributed by atoms with E-state index in [4.69, 9.17) is 0 Å². The second kappa shape index (κ2) is 5.63. The molecule has 0 saturated carbocycles. The Bertz CT molecular complexity index is 421. The fraction of sp³-hybridized carbons (Fsp3) is 0.500. The fourth-order valence-electron chi connectivity index (χ4n) is 1.43. The molecule has 0 unspecified atom stereocenters. The summed E-state index contributed by atoms with van der Waals surface area (Å²) in [4.78, 5) is 24.1. The van der Waals surface area contributed by atoms with E-state index >= 15 is 0 Å². The molecule has 0 saturated heterocycles. The van der Waals surface area contributed by atoms with Crippen molar-refractivity contribution < 1.29 is 9.59 Å². The number of aryl methyl sites for hydroxylation is 1. The minimum atomic E-state index is 0.0333. The van der Waals surface area contributed by atoms with E-state index in [0.717, 1.165) is 5.69 Å². The lowest BCUT2D eigenvalue weighted by Crippen LogP contribution is -2.32. The maximum absolute atomic E-state index is 11.3. The molecular weight excluding hydrogens is 218 g/mol. The van der Waals surface area contributed by atoms with Crippen LogP contribution in [0.3, 0.4) is 0 Å². The standard InChI is InChI=1S/C12H19N3O2/c1-9(16)10-5-11(15(4)8-10)6-13-7-12(17)14(2)3/h5,8,13H,6-7H2,1-4H3. The van der Waals surface area contributed by atoms with Gasteiger partial charge in [-0.1, -0.05) is 0 Å². The average Bonchev–Trinajstić information content (AvgIpc) is 2.60. The molecule has 0 fully saturated rings. The number of nitrogens with one attached hydrogen (secondary N) is 1. The number of likely N-dealkylation sites (N-methyl/N-ethyl adjacent to an activating group) is 1. The summed E-state index contributed by atoms with van der Waals surface area (Å²) in [5.41, 5.74) is 1.69. The zero-order valence-electron chi connectivity index (χ0n) is 10.8. The van der Waals surface area contributed by atoms with Crippen LogP contribution in [0.2, 0.25) is 0 Å². The van der Waals surface area contributed by atoms with E-state index in [-0.39, 0.29) is 11.7 Å². The molecule has 17 heavy (non-hydrogen) atoms. The van der Waals surface area contributed by atoms with Gasteiger partial charge in [0.15, 0.2) is 5.78 Å². The maximum Gasteiger partial charge on any atom is 0.236 e. The molecule has 0 aliphatic carbocycles. The van der Waals surface area contributed by atoms with Gasteiger partial charge in [-0.2, -0.15) is 0 Å². The van der Waals surface area contributed by atoms with E-state index in [9.17, 15) is 9.59 Å². The van der Waals surface area contributed by atoms with Crippen LogP contribution in [0.15, 0.2) is 12.3 Å². The normalized spacial score (nSPS) is 10.4. The molecule has 0 atom stereocenters. The van der Waals surface area contributed by atoms with Crippen molar-refractivity contribution in [2.24, 2.45) is 7.05 Å². The molecule has 1 N–H and O–H groups in total. The fourth-order valence-corrected chi connectivity index (χ4v) is 1.43. The molecule has 0 aromatic carbocycles. The van der Waals surface area contributed by atoms with Crippen LogP contribution in [0.5, 0.6) is 0 Å². The monoisotopic (exact) mass is 237 g/mol. The number of nitrogens with zero attached hydrogens (tertiary/aromatic N) is 2. The molecule has 1 amide bonds. The van der Waals surface area contributed by atoms with Crippen LogP contribution in [0.25, 0.3) is 0 Å². The summed E-state index contributed by atoms with van der Waals surface area (Å²) in [6.07, 6.45) is 1.80. The molecule has 0 radical (unpaired) electrons. The van der Waals surface area contributed by atoms with Gasteiger partial charge in [0, 0.05) is 45.1 Å². The lowest BCUT2D eigenvalue weighted by molar-refractivity contribution is -0.127. The number of carbonyl (C=O) groups excluding carboxylic acids is 2. The van der Waals surface area contributed by atoms with E-state index in [0.29, 0.717) is 18.7 Å². The molecule has 1 rings (SSSR count). The second-order valence-corrected chi connectivity index (χ2v) is 4.28. The first-order valence-electron chi connectivity index (χ1n) is 5.49. The van der Waals surface area contributed by atoms with Crippen molar-refractivity contribution in [2.45, 2.75) is 13.5 Å². The van der Waals surface area contributed by atoms with Crippen LogP contribution in [-0.2, 0) is 18.4 Å². The SMILES string of the molecule is CC(=O)c1cc(CNCC(=O)N(C)C)n(C)c1. The Morgan fingerprint density at radius 3 is 2.53 bits per heavy atom. The van der Waals surface area contributed by atoms with Gasteiger partial charge in [0.25, 0.3) is 0 Å². The smallest absolute Gasteiger partial charge is 0.236 e. The zero-order valence-corrected chi connectivity index (χ0v) is 10.8. The molecule has 1 aromatic heterocycles. The van der Waals surface area contributed by atoms with E-state index in [2.05, 4.69) is 5.32 Å². The predicted octanol–water partition coefficient (Wildman–Crippen LogP) is 0.405. The summed E-state index contributed by atoms with van der Waals surface area (Å²) in [7, 11) is 5.33. The molecule has 1 heterocycles. The number of amides is 1. The van der Waals surface area contributed by atoms with E-state index in [1.807, 2.05) is 17.7 Å². The molecule has 1 aromatic rings. The van der Waals surface area contributed by atoms with E-state index in [1.54, 1.807) is 32.1 Å². The van der Waals surface area contributed by atoms with Crippen LogP contribution in [-0.4, -0.2) is 41.8 Å². The Morgan fingerprint density at radius 2 is 2.06 bits per heavy atom. The van der Waals surface area contributed by atoms with Gasteiger partial charge in [0.1, 0.15) is 0 Å². The lowest BCUT2D eigenvalue weighted by atomic mass is 10.2. The Labute approximate surface area is 101 Å². The first-order valence-corrected chi connectivity index (χ1v) is 5.49. The third kappa shape index (κ3) is 3.71. The minimum Gasteiger partial charge on any atom is -0.353 e. The summed E-state index contributed by atoms with van der Waals surface area (Å²) in [5.74, 6) is 0.0854. The van der Waals surface area contributed by atoms with Crippen LogP contribution < -0.4 is 5.32 Å². The topological polar surface area (TPSA) is 54.3 Å². The Balaban J connectivity index is 2.52. The molecule has 0 bridgehead atoms. The first kappa shape index (κ1) is 13.4. The quantitative estimate of drug-likeness (QED) is 0.754. The Morgan fingerprint density at radius 1 is 1.41 bits per heavy atom. The second-order valence-electron chi connectivity index (χ2n) is 4.28. The average molecular weight is 237 g/mol. The highest BCUT2D eigenvalue weighted by atomic mass is 16.2. The van der Waals surface area contributed by atoms with E-state index < -0.39 is 0 Å². The van der Waals surface area contributed by atoms with Crippen molar-refractivity contribution in [3.05, 3.63) is 23.5 Å². The summed E-state index contributed by atoms with van der Waals surface area (Å²) >= 11 is 0. The summed E-state index contributed by atoms with van der Waals surface area (Å²) < 4.78 is 1.89. The van der Waals surface area contributed by atoms with Gasteiger partial charge >= 0.3 is 0 Å². The van der Waals surface area contributed by atoms with Crippen LogP contribution in [0, 0.1) is 0 Å². The number of ketones is 1. The van der Waals surface area contributed by atoms with Gasteiger partial charge < -0.3 is 14.8 Å². The van der Waals surface area contributed by atoms with Crippen molar-refractivity contribution in [1.29, 1.82) is 0 Å². The number of aromatic nitrogens is 1. The third-order valence-corrected chi connectivity index (χ3v) is 2.60. The van der Waals surface area contributed by atoms with Gasteiger partial charge in [0.2, 0.25) is 5.91 Å². The number of hydrogen-bond donors (Lipinski definition) is 1. The number of hydrogen-bond acceptors (Lipinski definition) is 3. The van der Waals surface area contributed by atoms with E-state index in [1.165, 1.54) is 0 Å². The van der Waals surface area contributed by atoms with Crippen molar-refractivity contribution in [3.63, 3.8) is 0 Å². The summed E-state index contributed by atoms with van der Waals surface area (Å²) in [6.45, 7) is 2.42. The molecule has 0 spiro atoms. The highest BCUT2D eigenvalue weighted by Crippen LogP contribution is 2.07. The molecule has 0 aliphatic rings. The van der Waals surface area contributed by atoms with Crippen molar-refractivity contribution in [1.82, 2.24) is 14.8 Å². The number of Topliss-reactive ketones (excluding diaryl/α,β-unsaturated/α-hetero) is 1. The molecule has 94 valence electrons. The largest absolute Gasteiger partial charge is 0.353 e. The highest BCUT2D eigenvalue weighted by Gasteiger charge is 2.07. The van der Waals surface area contributed by atoms with Gasteiger partial charge in [-0.05, 0) is 13.0 Å². The lowest BCUT2D eigenvalue weighted by Gasteiger charge is -2.11. The van der Waals surface area contributed by atoms with Gasteiger partial charge in [0.05, 0.1) is 6.54 Å². The first-order chi connectivity index (χ1) is 7.91. The van der Waals surface area contributed by atoms with Gasteiger partial charge in [-0.25, -0.2) is 0 Å². The Kier molecular flexibility index (Phi) is 4.45. The van der Waals surface area contributed by atoms with Crippen LogP contribution >= 0.6 is 0 Å². The zero-order chi connectivity index (χ0) is 13.0. The van der Waals surface area contributed by atoms with Gasteiger partial charge in [-0.3, -0.25) is 9.59 Å². The van der Waals surface area contributed by atoms with Crippen LogP contribution in [0.1, 0.15) is 23.0 Å². The summed E-state index contributed by atoms with van der Waals surface area (Å²) in [6, 6.07) is 1.84. The van der Waals surface area contributed by atoms with Crippen molar-refractivity contribution >= 4 is 11.7 Å². The molecule has 0 aliphatic heterocycles. The number of rotatable bonds is 5. The van der Waals surface area contributed by atoms with Crippen LogP contribution in [0.4, 0.5) is 0 Å². The summed E-state index contributed by atoms with van der Waals surface area (Å²) in [5, 5.41) is 3.05. The number of carbonyl (C=O) groups is 2. The molecule has 5 heteroatoms. The maximum atomic E-state index is 11.3. The molecular formula is C12H19N3O2. The third-order valence-electron chi connectivity index (χ3n) is 2.60. The minimum absolute atomic E-state index is 0.0333. The molecule has 5 nitrogen and oxygen atoms in total. The Hall–Kier alpha value is -1.62. The van der Waals surface area contributed by atoms with Crippen molar-refractivity contribution in [2.75, 3.05) is 20.6 Å². The highest BCUT2D eigenvalue weighted by molar-refractivity contribution is 5.94. The predicted molar refractivity (Wildman–Crippen MR) is 65.8 cm³/mol. The van der Waals surface area contributed by atoms with Crippen molar-refractivity contribution in [3.8, 4) is 0 Å².